The van der Waals surface area contributed by atoms with E-state index in [-0.39, 0.29) is 0 Å². The van der Waals surface area contributed by atoms with Gasteiger partial charge in [0.1, 0.15) is 0 Å². The summed E-state index contributed by atoms with van der Waals surface area (Å²) in [6, 6.07) is 0. The van der Waals surface area contributed by atoms with Gasteiger partial charge in [-0.3, -0.25) is 0 Å². The van der Waals surface area contributed by atoms with Gasteiger partial charge in [-0.1, -0.05) is 12.8 Å². The molecule has 0 aromatic carbocycles. The van der Waals surface area contributed by atoms with Crippen molar-refractivity contribution in [3.8, 4) is 0 Å². The van der Waals surface area contributed by atoms with Crippen molar-refractivity contribution in [2.75, 3.05) is 20.6 Å². The van der Waals surface area contributed by atoms with Crippen molar-refractivity contribution < 1.29 is 0 Å². The molecule has 2 aliphatic carbocycles. The molecule has 2 saturated carbocycles. The Bertz CT molecular complexity index is 168. The average Bonchev–Trinajstić information content (AvgIpc) is 2.63. The predicted molar refractivity (Wildman–Crippen MR) is 56.8 cm³/mol. The molecule has 0 aliphatic heterocycles. The van der Waals surface area contributed by atoms with E-state index in [9.17, 15) is 0 Å². The van der Waals surface area contributed by atoms with Crippen LogP contribution < -0.4 is 0 Å². The van der Waals surface area contributed by atoms with E-state index in [0.717, 1.165) is 11.3 Å². The minimum Gasteiger partial charge on any atom is -0.309 e. The van der Waals surface area contributed by atoms with Gasteiger partial charge in [-0.05, 0) is 57.5 Å². The third kappa shape index (κ3) is 2.07. The van der Waals surface area contributed by atoms with Crippen molar-refractivity contribution in [1.29, 1.82) is 0 Å². The number of nitrogens with zero attached hydrogens (tertiary/aromatic N) is 1. The van der Waals surface area contributed by atoms with Crippen molar-refractivity contribution in [2.24, 2.45) is 11.3 Å². The maximum Gasteiger partial charge on any atom is 0.000377 e. The van der Waals surface area contributed by atoms with Crippen molar-refractivity contribution in [2.45, 2.75) is 44.9 Å². The molecule has 2 fully saturated rings. The third-order valence-electron chi connectivity index (χ3n) is 4.09. The summed E-state index contributed by atoms with van der Waals surface area (Å²) < 4.78 is 0. The maximum absolute atomic E-state index is 2.36. The molecule has 1 unspecified atom stereocenters. The Labute approximate surface area is 82.5 Å². The summed E-state index contributed by atoms with van der Waals surface area (Å²) in [5.41, 5.74) is 0.820. The van der Waals surface area contributed by atoms with E-state index in [1.54, 1.807) is 0 Å². The molecular formula is C12H23N. The quantitative estimate of drug-likeness (QED) is 0.633. The van der Waals surface area contributed by atoms with Crippen LogP contribution in [0, 0.1) is 11.3 Å². The molecule has 1 spiro atoms. The zero-order chi connectivity index (χ0) is 9.31. The summed E-state index contributed by atoms with van der Waals surface area (Å²) in [5.74, 6) is 1.01. The van der Waals surface area contributed by atoms with E-state index in [2.05, 4.69) is 19.0 Å². The second-order valence-electron chi connectivity index (χ2n) is 5.58. The molecule has 0 N–H and O–H groups in total. The van der Waals surface area contributed by atoms with Crippen LogP contribution in [0.3, 0.4) is 0 Å². The Morgan fingerprint density at radius 2 is 1.85 bits per heavy atom. The van der Waals surface area contributed by atoms with Gasteiger partial charge in [0.05, 0.1) is 0 Å². The predicted octanol–water partition coefficient (Wildman–Crippen LogP) is 2.91. The van der Waals surface area contributed by atoms with E-state index in [0.29, 0.717) is 0 Å². The fraction of sp³-hybridized carbons (Fsp3) is 1.00. The van der Waals surface area contributed by atoms with Gasteiger partial charge < -0.3 is 4.90 Å². The summed E-state index contributed by atoms with van der Waals surface area (Å²) >= 11 is 0. The van der Waals surface area contributed by atoms with E-state index in [1.165, 1.54) is 51.5 Å². The molecule has 0 amide bonds. The standard InChI is InChI=1S/C12H23N/c1-13(2)10-11-5-8-12(9-11)6-3-4-7-12/h11H,3-10H2,1-2H3. The van der Waals surface area contributed by atoms with Crippen LogP contribution in [0.5, 0.6) is 0 Å². The highest BCUT2D eigenvalue weighted by Crippen LogP contribution is 2.52. The Kier molecular flexibility index (Phi) is 2.64. The fourth-order valence-corrected chi connectivity index (χ4v) is 3.58. The second-order valence-corrected chi connectivity index (χ2v) is 5.58. The van der Waals surface area contributed by atoms with E-state index >= 15 is 0 Å². The number of hydrogen-bond donors (Lipinski definition) is 0. The molecule has 0 radical (unpaired) electrons. The molecular weight excluding hydrogens is 158 g/mol. The molecule has 0 aromatic rings. The normalized spacial score (nSPS) is 32.1. The van der Waals surface area contributed by atoms with Gasteiger partial charge in [0.25, 0.3) is 0 Å². The highest BCUT2D eigenvalue weighted by molar-refractivity contribution is 4.92. The Morgan fingerprint density at radius 3 is 2.46 bits per heavy atom. The first-order chi connectivity index (χ1) is 6.20. The van der Waals surface area contributed by atoms with Crippen LogP contribution in [0.4, 0.5) is 0 Å². The zero-order valence-corrected chi connectivity index (χ0v) is 9.18. The molecule has 1 heteroatoms. The Morgan fingerprint density at radius 1 is 1.15 bits per heavy atom. The zero-order valence-electron chi connectivity index (χ0n) is 9.18. The van der Waals surface area contributed by atoms with Gasteiger partial charge in [-0.15, -0.1) is 0 Å². The van der Waals surface area contributed by atoms with Crippen LogP contribution in [-0.4, -0.2) is 25.5 Å². The topological polar surface area (TPSA) is 3.24 Å². The maximum atomic E-state index is 2.36. The number of hydrogen-bond acceptors (Lipinski definition) is 1. The Balaban J connectivity index is 1.86. The van der Waals surface area contributed by atoms with Gasteiger partial charge in [0.15, 0.2) is 0 Å². The lowest BCUT2D eigenvalue weighted by Gasteiger charge is -2.23. The lowest BCUT2D eigenvalue weighted by molar-refractivity contribution is 0.268. The molecule has 2 rings (SSSR count). The van der Waals surface area contributed by atoms with Crippen molar-refractivity contribution in [3.63, 3.8) is 0 Å². The third-order valence-corrected chi connectivity index (χ3v) is 4.09. The van der Waals surface area contributed by atoms with Gasteiger partial charge in [0, 0.05) is 6.54 Å². The molecule has 13 heavy (non-hydrogen) atoms. The van der Waals surface area contributed by atoms with E-state index in [4.69, 9.17) is 0 Å². The van der Waals surface area contributed by atoms with E-state index in [1.807, 2.05) is 0 Å². The SMILES string of the molecule is CN(C)CC1CCC2(CCCC2)C1. The largest absolute Gasteiger partial charge is 0.309 e. The summed E-state index contributed by atoms with van der Waals surface area (Å²) in [7, 11) is 4.42. The van der Waals surface area contributed by atoms with Crippen LogP contribution in [0.1, 0.15) is 44.9 Å². The van der Waals surface area contributed by atoms with Crippen molar-refractivity contribution >= 4 is 0 Å². The summed E-state index contributed by atoms with van der Waals surface area (Å²) in [4.78, 5) is 2.36. The van der Waals surface area contributed by atoms with Crippen molar-refractivity contribution in [3.05, 3.63) is 0 Å². The van der Waals surface area contributed by atoms with Gasteiger partial charge in [0.2, 0.25) is 0 Å². The molecule has 0 heterocycles. The summed E-state index contributed by atoms with van der Waals surface area (Å²) in [5, 5.41) is 0. The van der Waals surface area contributed by atoms with Crippen LogP contribution in [0.25, 0.3) is 0 Å². The molecule has 0 saturated heterocycles. The first kappa shape index (κ1) is 9.51. The monoisotopic (exact) mass is 181 g/mol. The molecule has 1 atom stereocenters. The highest BCUT2D eigenvalue weighted by atomic mass is 15.1. The molecule has 0 bridgehead atoms. The molecule has 2 aliphatic rings. The smallest absolute Gasteiger partial charge is 0.000377 e. The van der Waals surface area contributed by atoms with Crippen molar-refractivity contribution in [1.82, 2.24) is 4.90 Å². The fourth-order valence-electron chi connectivity index (χ4n) is 3.58. The second kappa shape index (κ2) is 3.61. The molecule has 76 valence electrons. The minimum atomic E-state index is 0.820. The van der Waals surface area contributed by atoms with Crippen LogP contribution in [-0.2, 0) is 0 Å². The average molecular weight is 181 g/mol. The first-order valence-electron chi connectivity index (χ1n) is 5.85. The first-order valence-corrected chi connectivity index (χ1v) is 5.85. The van der Waals surface area contributed by atoms with Crippen LogP contribution in [0.15, 0.2) is 0 Å². The van der Waals surface area contributed by atoms with Crippen LogP contribution >= 0.6 is 0 Å². The van der Waals surface area contributed by atoms with Gasteiger partial charge in [-0.25, -0.2) is 0 Å². The Hall–Kier alpha value is -0.0400. The number of rotatable bonds is 2. The lowest BCUT2D eigenvalue weighted by atomic mass is 9.84. The van der Waals surface area contributed by atoms with E-state index < -0.39 is 0 Å². The highest BCUT2D eigenvalue weighted by Gasteiger charge is 2.40. The minimum absolute atomic E-state index is 0.820. The van der Waals surface area contributed by atoms with Gasteiger partial charge >= 0.3 is 0 Å². The summed E-state index contributed by atoms with van der Waals surface area (Å²) in [6.45, 7) is 1.32. The lowest BCUT2D eigenvalue weighted by Crippen LogP contribution is -2.21. The summed E-state index contributed by atoms with van der Waals surface area (Å²) in [6.07, 6.45) is 10.7. The van der Waals surface area contributed by atoms with Gasteiger partial charge in [-0.2, -0.15) is 0 Å². The van der Waals surface area contributed by atoms with Crippen LogP contribution in [0.2, 0.25) is 0 Å². The molecule has 0 aromatic heterocycles. The molecule has 1 nitrogen and oxygen atoms in total.